The smallest absolute Gasteiger partial charge is 0.241 e. The van der Waals surface area contributed by atoms with Gasteiger partial charge in [0, 0.05) is 13.1 Å². The van der Waals surface area contributed by atoms with E-state index >= 15 is 0 Å². The highest BCUT2D eigenvalue weighted by Crippen LogP contribution is 1.94. The molecule has 0 heterocycles. The van der Waals surface area contributed by atoms with Crippen molar-refractivity contribution in [2.24, 2.45) is 5.73 Å². The number of carbonyl (C=O) groups excluding carboxylic acids is 2. The van der Waals surface area contributed by atoms with Crippen LogP contribution < -0.4 is 11.1 Å². The quantitative estimate of drug-likeness (QED) is 0.613. The lowest BCUT2D eigenvalue weighted by Gasteiger charge is -2.21. The van der Waals surface area contributed by atoms with Gasteiger partial charge in [0.05, 0.1) is 13.1 Å². The van der Waals surface area contributed by atoms with Crippen molar-refractivity contribution in [2.75, 3.05) is 26.2 Å². The number of nitrogens with one attached hydrogen (secondary N) is 1. The lowest BCUT2D eigenvalue weighted by atomic mass is 10.3. The van der Waals surface area contributed by atoms with Crippen LogP contribution in [0.2, 0.25) is 0 Å². The summed E-state index contributed by atoms with van der Waals surface area (Å²) in [4.78, 5) is 24.2. The molecule has 0 aliphatic rings. The molecule has 0 aromatic carbocycles. The van der Waals surface area contributed by atoms with E-state index in [1.54, 1.807) is 4.90 Å². The highest BCUT2D eigenvalue weighted by atomic mass is 16.2. The third-order valence-corrected chi connectivity index (χ3v) is 1.96. The van der Waals surface area contributed by atoms with Gasteiger partial charge in [0.2, 0.25) is 11.8 Å². The summed E-state index contributed by atoms with van der Waals surface area (Å²) in [5, 5.41) is 2.47. The number of hydrogen-bond donors (Lipinski definition) is 2. The fourth-order valence-electron chi connectivity index (χ4n) is 1.26. The normalized spacial score (nSPS) is 9.80. The molecule has 0 atom stereocenters. The van der Waals surface area contributed by atoms with Crippen molar-refractivity contribution in [2.45, 2.75) is 26.7 Å². The van der Waals surface area contributed by atoms with Crippen molar-refractivity contribution in [1.82, 2.24) is 10.2 Å². The first-order valence-corrected chi connectivity index (χ1v) is 5.40. The molecule has 2 amide bonds. The molecule has 0 aromatic heterocycles. The van der Waals surface area contributed by atoms with Crippen molar-refractivity contribution in [3.8, 4) is 0 Å². The molecule has 5 heteroatoms. The SMILES string of the molecule is CCCN(CCC)C(=O)CNC(=O)CN. The minimum Gasteiger partial charge on any atom is -0.346 e. The maximum atomic E-state index is 11.6. The molecule has 5 nitrogen and oxygen atoms in total. The van der Waals surface area contributed by atoms with Crippen LogP contribution in [0.25, 0.3) is 0 Å². The van der Waals surface area contributed by atoms with Crippen LogP contribution in [-0.4, -0.2) is 42.9 Å². The van der Waals surface area contributed by atoms with Gasteiger partial charge < -0.3 is 16.0 Å². The molecule has 88 valence electrons. The molecule has 0 aliphatic heterocycles. The third kappa shape index (κ3) is 6.06. The summed E-state index contributed by atoms with van der Waals surface area (Å²) in [6, 6.07) is 0. The predicted octanol–water partition coefficient (Wildman–Crippen LogP) is -0.290. The van der Waals surface area contributed by atoms with Gasteiger partial charge in [-0.1, -0.05) is 13.8 Å². The second kappa shape index (κ2) is 8.23. The van der Waals surface area contributed by atoms with E-state index in [1.807, 2.05) is 13.8 Å². The van der Waals surface area contributed by atoms with Gasteiger partial charge in [-0.2, -0.15) is 0 Å². The van der Waals surface area contributed by atoms with Crippen LogP contribution in [0.3, 0.4) is 0 Å². The van der Waals surface area contributed by atoms with E-state index in [0.717, 1.165) is 25.9 Å². The number of amides is 2. The zero-order valence-corrected chi connectivity index (χ0v) is 9.58. The van der Waals surface area contributed by atoms with Crippen LogP contribution in [-0.2, 0) is 9.59 Å². The average Bonchev–Trinajstić information content (AvgIpc) is 2.25. The second-order valence-electron chi connectivity index (χ2n) is 3.36. The Labute approximate surface area is 91.0 Å². The number of nitrogens with two attached hydrogens (primary N) is 1. The Morgan fingerprint density at radius 3 is 2.13 bits per heavy atom. The van der Waals surface area contributed by atoms with Crippen molar-refractivity contribution < 1.29 is 9.59 Å². The van der Waals surface area contributed by atoms with Crippen LogP contribution in [0, 0.1) is 0 Å². The average molecular weight is 215 g/mol. The lowest BCUT2D eigenvalue weighted by molar-refractivity contribution is -0.132. The Morgan fingerprint density at radius 2 is 1.73 bits per heavy atom. The Morgan fingerprint density at radius 1 is 1.20 bits per heavy atom. The zero-order valence-electron chi connectivity index (χ0n) is 9.58. The van der Waals surface area contributed by atoms with Crippen molar-refractivity contribution in [3.63, 3.8) is 0 Å². The molecule has 0 saturated heterocycles. The maximum absolute atomic E-state index is 11.6. The van der Waals surface area contributed by atoms with Gasteiger partial charge in [0.15, 0.2) is 0 Å². The molecule has 0 bridgehead atoms. The number of carbonyl (C=O) groups is 2. The standard InChI is InChI=1S/C10H21N3O2/c1-3-5-13(6-4-2)10(15)8-12-9(14)7-11/h3-8,11H2,1-2H3,(H,12,14). The largest absolute Gasteiger partial charge is 0.346 e. The van der Waals surface area contributed by atoms with Crippen LogP contribution in [0.4, 0.5) is 0 Å². The Kier molecular flexibility index (Phi) is 7.62. The summed E-state index contributed by atoms with van der Waals surface area (Å²) >= 11 is 0. The van der Waals surface area contributed by atoms with Gasteiger partial charge in [-0.25, -0.2) is 0 Å². The van der Waals surface area contributed by atoms with Crippen LogP contribution >= 0.6 is 0 Å². The summed E-state index contributed by atoms with van der Waals surface area (Å²) in [7, 11) is 0. The molecule has 0 spiro atoms. The van der Waals surface area contributed by atoms with E-state index in [2.05, 4.69) is 5.32 Å². The highest BCUT2D eigenvalue weighted by molar-refractivity contribution is 5.85. The first kappa shape index (κ1) is 13.9. The molecule has 0 aliphatic carbocycles. The number of hydrogen-bond acceptors (Lipinski definition) is 3. The lowest BCUT2D eigenvalue weighted by Crippen LogP contribution is -2.42. The summed E-state index contributed by atoms with van der Waals surface area (Å²) < 4.78 is 0. The molecule has 0 fully saturated rings. The van der Waals surface area contributed by atoms with E-state index in [1.165, 1.54) is 0 Å². The molecule has 15 heavy (non-hydrogen) atoms. The summed E-state index contributed by atoms with van der Waals surface area (Å²) in [5.74, 6) is -0.336. The van der Waals surface area contributed by atoms with Crippen molar-refractivity contribution in [1.29, 1.82) is 0 Å². The Hall–Kier alpha value is -1.10. The van der Waals surface area contributed by atoms with E-state index in [9.17, 15) is 9.59 Å². The van der Waals surface area contributed by atoms with Crippen molar-refractivity contribution in [3.05, 3.63) is 0 Å². The minimum absolute atomic E-state index is 0.0412. The fourth-order valence-corrected chi connectivity index (χ4v) is 1.26. The van der Waals surface area contributed by atoms with Gasteiger partial charge in [0.1, 0.15) is 0 Å². The van der Waals surface area contributed by atoms with Gasteiger partial charge >= 0.3 is 0 Å². The second-order valence-corrected chi connectivity index (χ2v) is 3.36. The molecular weight excluding hydrogens is 194 g/mol. The summed E-state index contributed by atoms with van der Waals surface area (Å²) in [6.07, 6.45) is 1.85. The fraction of sp³-hybridized carbons (Fsp3) is 0.800. The summed E-state index contributed by atoms with van der Waals surface area (Å²) in [5.41, 5.74) is 5.11. The van der Waals surface area contributed by atoms with Crippen LogP contribution in [0.1, 0.15) is 26.7 Å². The Balaban J connectivity index is 3.96. The van der Waals surface area contributed by atoms with Gasteiger partial charge in [-0.3, -0.25) is 9.59 Å². The van der Waals surface area contributed by atoms with Crippen molar-refractivity contribution >= 4 is 11.8 Å². The molecule has 0 aromatic rings. The first-order valence-electron chi connectivity index (χ1n) is 5.40. The van der Waals surface area contributed by atoms with Gasteiger partial charge in [-0.05, 0) is 12.8 Å². The topological polar surface area (TPSA) is 75.4 Å². The van der Waals surface area contributed by atoms with E-state index in [0.29, 0.717) is 0 Å². The molecule has 0 unspecified atom stereocenters. The number of rotatable bonds is 7. The van der Waals surface area contributed by atoms with Gasteiger partial charge in [-0.15, -0.1) is 0 Å². The molecular formula is C10H21N3O2. The molecule has 0 radical (unpaired) electrons. The third-order valence-electron chi connectivity index (χ3n) is 1.96. The minimum atomic E-state index is -0.295. The van der Waals surface area contributed by atoms with Crippen LogP contribution in [0.15, 0.2) is 0 Å². The monoisotopic (exact) mass is 215 g/mol. The molecule has 0 saturated carbocycles. The van der Waals surface area contributed by atoms with Crippen LogP contribution in [0.5, 0.6) is 0 Å². The van der Waals surface area contributed by atoms with E-state index in [4.69, 9.17) is 5.73 Å². The van der Waals surface area contributed by atoms with E-state index < -0.39 is 0 Å². The van der Waals surface area contributed by atoms with Gasteiger partial charge in [0.25, 0.3) is 0 Å². The summed E-state index contributed by atoms with van der Waals surface area (Å²) in [6.45, 7) is 5.50. The maximum Gasteiger partial charge on any atom is 0.241 e. The number of nitrogens with zero attached hydrogens (tertiary/aromatic N) is 1. The molecule has 3 N–H and O–H groups in total. The molecule has 0 rings (SSSR count). The zero-order chi connectivity index (χ0) is 11.7. The highest BCUT2D eigenvalue weighted by Gasteiger charge is 2.11. The first-order chi connectivity index (χ1) is 7.15. The predicted molar refractivity (Wildman–Crippen MR) is 59.2 cm³/mol. The van der Waals surface area contributed by atoms with E-state index in [-0.39, 0.29) is 24.9 Å². The Bertz CT molecular complexity index is 201.